The molecule has 6 nitrogen and oxygen atoms in total. The van der Waals surface area contributed by atoms with Crippen molar-refractivity contribution in [3.63, 3.8) is 0 Å². The predicted molar refractivity (Wildman–Crippen MR) is 71.6 cm³/mol. The molecule has 1 heterocycles. The quantitative estimate of drug-likeness (QED) is 0.786. The normalized spacial score (nSPS) is 10.0. The molecule has 3 N–H and O–H groups in total. The SMILES string of the molecule is O=C(Cc1ccc(O)cc1)Nc1cccc(C(=O)O)n1. The van der Waals surface area contributed by atoms with Gasteiger partial charge in [-0.3, -0.25) is 4.79 Å². The lowest BCUT2D eigenvalue weighted by atomic mass is 10.1. The number of phenols is 1. The van der Waals surface area contributed by atoms with Crippen molar-refractivity contribution in [1.82, 2.24) is 4.98 Å². The molecule has 0 aliphatic rings. The molecule has 0 fully saturated rings. The molecule has 6 heteroatoms. The molecule has 1 aromatic heterocycles. The molecule has 0 unspecified atom stereocenters. The Hall–Kier alpha value is -2.89. The van der Waals surface area contributed by atoms with Crippen molar-refractivity contribution in [2.75, 3.05) is 5.32 Å². The summed E-state index contributed by atoms with van der Waals surface area (Å²) in [5.41, 5.74) is 0.599. The molecule has 1 aromatic carbocycles. The summed E-state index contributed by atoms with van der Waals surface area (Å²) >= 11 is 0. The van der Waals surface area contributed by atoms with E-state index in [4.69, 9.17) is 10.2 Å². The van der Waals surface area contributed by atoms with Gasteiger partial charge in [0.05, 0.1) is 6.42 Å². The second-order valence-corrected chi connectivity index (χ2v) is 4.10. The minimum atomic E-state index is -1.15. The van der Waals surface area contributed by atoms with Gasteiger partial charge in [-0.25, -0.2) is 9.78 Å². The number of amides is 1. The largest absolute Gasteiger partial charge is 0.508 e. The summed E-state index contributed by atoms with van der Waals surface area (Å²) in [6, 6.07) is 10.6. The Morgan fingerprint density at radius 3 is 2.45 bits per heavy atom. The van der Waals surface area contributed by atoms with Gasteiger partial charge in [0.2, 0.25) is 5.91 Å². The van der Waals surface area contributed by atoms with Crippen LogP contribution in [0.25, 0.3) is 0 Å². The number of phenolic OH excluding ortho intramolecular Hbond substituents is 1. The predicted octanol–water partition coefficient (Wildman–Crippen LogP) is 1.67. The fraction of sp³-hybridized carbons (Fsp3) is 0.0714. The number of rotatable bonds is 4. The Morgan fingerprint density at radius 1 is 1.10 bits per heavy atom. The van der Waals surface area contributed by atoms with Gasteiger partial charge in [-0.15, -0.1) is 0 Å². The Labute approximate surface area is 114 Å². The fourth-order valence-electron chi connectivity index (χ4n) is 1.61. The number of hydrogen-bond donors (Lipinski definition) is 3. The first-order valence-electron chi connectivity index (χ1n) is 5.83. The van der Waals surface area contributed by atoms with Crippen LogP contribution in [-0.2, 0) is 11.2 Å². The Balaban J connectivity index is 2.02. The molecule has 0 atom stereocenters. The molecule has 1 amide bonds. The third kappa shape index (κ3) is 3.55. The number of pyridine rings is 1. The third-order valence-corrected chi connectivity index (χ3v) is 2.54. The van der Waals surface area contributed by atoms with Gasteiger partial charge in [0, 0.05) is 0 Å². The van der Waals surface area contributed by atoms with Gasteiger partial charge in [0.15, 0.2) is 5.69 Å². The zero-order valence-electron chi connectivity index (χ0n) is 10.4. The van der Waals surface area contributed by atoms with E-state index in [1.807, 2.05) is 0 Å². The van der Waals surface area contributed by atoms with Crippen LogP contribution < -0.4 is 5.32 Å². The molecule has 0 bridgehead atoms. The van der Waals surface area contributed by atoms with Crippen molar-refractivity contribution in [3.05, 3.63) is 53.7 Å². The number of nitrogens with zero attached hydrogens (tertiary/aromatic N) is 1. The van der Waals surface area contributed by atoms with E-state index >= 15 is 0 Å². The maximum absolute atomic E-state index is 11.8. The van der Waals surface area contributed by atoms with Crippen molar-refractivity contribution in [1.29, 1.82) is 0 Å². The topological polar surface area (TPSA) is 99.5 Å². The second-order valence-electron chi connectivity index (χ2n) is 4.10. The summed E-state index contributed by atoms with van der Waals surface area (Å²) < 4.78 is 0. The molecule has 2 rings (SSSR count). The van der Waals surface area contributed by atoms with Crippen LogP contribution in [0.3, 0.4) is 0 Å². The second kappa shape index (κ2) is 5.83. The molecule has 0 aliphatic heterocycles. The van der Waals surface area contributed by atoms with Gasteiger partial charge in [0.1, 0.15) is 11.6 Å². The van der Waals surface area contributed by atoms with Crippen molar-refractivity contribution in [3.8, 4) is 5.75 Å². The highest BCUT2D eigenvalue weighted by atomic mass is 16.4. The molecule has 20 heavy (non-hydrogen) atoms. The number of carboxylic acid groups (broad SMARTS) is 1. The average Bonchev–Trinajstić information content (AvgIpc) is 2.41. The number of nitrogens with one attached hydrogen (secondary N) is 1. The highest BCUT2D eigenvalue weighted by Gasteiger charge is 2.08. The Bertz CT molecular complexity index is 638. The van der Waals surface area contributed by atoms with E-state index in [0.29, 0.717) is 0 Å². The van der Waals surface area contributed by atoms with Crippen LogP contribution in [0.15, 0.2) is 42.5 Å². The molecule has 0 spiro atoms. The fourth-order valence-corrected chi connectivity index (χ4v) is 1.61. The number of carbonyl (C=O) groups is 2. The molecule has 0 saturated carbocycles. The molecule has 0 aliphatic carbocycles. The molecular formula is C14H12N2O4. The van der Waals surface area contributed by atoms with Crippen LogP contribution >= 0.6 is 0 Å². The first kappa shape index (κ1) is 13.5. The summed E-state index contributed by atoms with van der Waals surface area (Å²) in [6.45, 7) is 0. The molecule has 102 valence electrons. The van der Waals surface area contributed by atoms with Crippen LogP contribution in [0.2, 0.25) is 0 Å². The maximum atomic E-state index is 11.8. The molecule has 0 saturated heterocycles. The first-order chi connectivity index (χ1) is 9.54. The maximum Gasteiger partial charge on any atom is 0.354 e. The number of aromatic hydroxyl groups is 1. The lowest BCUT2D eigenvalue weighted by molar-refractivity contribution is -0.115. The number of carbonyl (C=O) groups excluding carboxylic acids is 1. The number of aromatic nitrogens is 1. The van der Waals surface area contributed by atoms with Crippen LogP contribution in [0, 0.1) is 0 Å². The minimum absolute atomic E-state index is 0.110. The van der Waals surface area contributed by atoms with Crippen LogP contribution in [0.4, 0.5) is 5.82 Å². The summed E-state index contributed by atoms with van der Waals surface area (Å²) in [5, 5.41) is 20.5. The molecular weight excluding hydrogens is 260 g/mol. The highest BCUT2D eigenvalue weighted by Crippen LogP contribution is 2.11. The van der Waals surface area contributed by atoms with E-state index in [9.17, 15) is 9.59 Å². The van der Waals surface area contributed by atoms with Crippen LogP contribution in [-0.4, -0.2) is 27.1 Å². The van der Waals surface area contributed by atoms with Crippen LogP contribution in [0.5, 0.6) is 5.75 Å². The van der Waals surface area contributed by atoms with Gasteiger partial charge in [-0.1, -0.05) is 18.2 Å². The van der Waals surface area contributed by atoms with Gasteiger partial charge in [0.25, 0.3) is 0 Å². The molecule has 0 radical (unpaired) electrons. The Kier molecular flexibility index (Phi) is 3.95. The summed E-state index contributed by atoms with van der Waals surface area (Å²) in [7, 11) is 0. The van der Waals surface area contributed by atoms with Crippen LogP contribution in [0.1, 0.15) is 16.1 Å². The Morgan fingerprint density at radius 2 is 1.80 bits per heavy atom. The van der Waals surface area contributed by atoms with E-state index in [1.165, 1.54) is 30.3 Å². The lowest BCUT2D eigenvalue weighted by Crippen LogP contribution is -2.16. The third-order valence-electron chi connectivity index (χ3n) is 2.54. The summed E-state index contributed by atoms with van der Waals surface area (Å²) in [6.07, 6.45) is 0.110. The van der Waals surface area contributed by atoms with E-state index in [-0.39, 0.29) is 29.6 Å². The van der Waals surface area contributed by atoms with E-state index in [1.54, 1.807) is 12.1 Å². The monoisotopic (exact) mass is 272 g/mol. The number of benzene rings is 1. The average molecular weight is 272 g/mol. The first-order valence-corrected chi connectivity index (χ1v) is 5.83. The van der Waals surface area contributed by atoms with Gasteiger partial charge in [-0.2, -0.15) is 0 Å². The molecule has 2 aromatic rings. The smallest absolute Gasteiger partial charge is 0.354 e. The van der Waals surface area contributed by atoms with E-state index in [2.05, 4.69) is 10.3 Å². The number of anilines is 1. The van der Waals surface area contributed by atoms with E-state index < -0.39 is 5.97 Å². The minimum Gasteiger partial charge on any atom is -0.508 e. The van der Waals surface area contributed by atoms with Crippen molar-refractivity contribution < 1.29 is 19.8 Å². The van der Waals surface area contributed by atoms with Gasteiger partial charge >= 0.3 is 5.97 Å². The zero-order valence-corrected chi connectivity index (χ0v) is 10.4. The number of hydrogen-bond acceptors (Lipinski definition) is 4. The highest BCUT2D eigenvalue weighted by molar-refractivity contribution is 5.92. The van der Waals surface area contributed by atoms with Crippen molar-refractivity contribution in [2.24, 2.45) is 0 Å². The number of carboxylic acids is 1. The van der Waals surface area contributed by atoms with Gasteiger partial charge < -0.3 is 15.5 Å². The van der Waals surface area contributed by atoms with E-state index in [0.717, 1.165) is 5.56 Å². The standard InChI is InChI=1S/C14H12N2O4/c17-10-6-4-9(5-7-10)8-13(18)16-12-3-1-2-11(15-12)14(19)20/h1-7,17H,8H2,(H,19,20)(H,15,16,18). The van der Waals surface area contributed by atoms with Crippen molar-refractivity contribution in [2.45, 2.75) is 6.42 Å². The lowest BCUT2D eigenvalue weighted by Gasteiger charge is -2.05. The zero-order chi connectivity index (χ0) is 14.5. The summed E-state index contributed by atoms with van der Waals surface area (Å²) in [5.74, 6) is -1.15. The summed E-state index contributed by atoms with van der Waals surface area (Å²) in [4.78, 5) is 26.3. The van der Waals surface area contributed by atoms with Crippen molar-refractivity contribution >= 4 is 17.7 Å². The van der Waals surface area contributed by atoms with Gasteiger partial charge in [-0.05, 0) is 29.8 Å². The number of aromatic carboxylic acids is 1.